The third-order valence-electron chi connectivity index (χ3n) is 4.90. The standard InChI is InChI=1S/C20H22N4O2/c1-15-19(24-10-6-5-9-18(24)21-15)20(25)23-13-11-22(12-14-23)16-7-3-4-8-17(16)26-2/h3-10H,11-14H2,1-2H3. The maximum Gasteiger partial charge on any atom is 0.272 e. The van der Waals surface area contributed by atoms with Crippen molar-refractivity contribution in [2.24, 2.45) is 0 Å². The van der Waals surface area contributed by atoms with Crippen molar-refractivity contribution < 1.29 is 9.53 Å². The van der Waals surface area contributed by atoms with Crippen LogP contribution in [0.5, 0.6) is 5.75 Å². The normalized spacial score (nSPS) is 14.7. The van der Waals surface area contributed by atoms with Gasteiger partial charge in [0.15, 0.2) is 0 Å². The number of piperazine rings is 1. The van der Waals surface area contributed by atoms with Gasteiger partial charge in [0.2, 0.25) is 0 Å². The molecule has 3 heterocycles. The van der Waals surface area contributed by atoms with Gasteiger partial charge in [0, 0.05) is 32.4 Å². The number of amides is 1. The number of nitrogens with zero attached hydrogens (tertiary/aromatic N) is 4. The average Bonchev–Trinajstić information content (AvgIpc) is 3.03. The molecule has 1 aliphatic rings. The Morgan fingerprint density at radius 3 is 2.54 bits per heavy atom. The van der Waals surface area contributed by atoms with Gasteiger partial charge in [-0.25, -0.2) is 4.98 Å². The van der Waals surface area contributed by atoms with Crippen molar-refractivity contribution >= 4 is 17.2 Å². The molecule has 0 spiro atoms. The number of carbonyl (C=O) groups is 1. The third-order valence-corrected chi connectivity index (χ3v) is 4.90. The van der Waals surface area contributed by atoms with E-state index in [1.54, 1.807) is 7.11 Å². The van der Waals surface area contributed by atoms with E-state index in [-0.39, 0.29) is 5.91 Å². The lowest BCUT2D eigenvalue weighted by Gasteiger charge is -2.36. The van der Waals surface area contributed by atoms with Gasteiger partial charge < -0.3 is 14.5 Å². The van der Waals surface area contributed by atoms with E-state index < -0.39 is 0 Å². The summed E-state index contributed by atoms with van der Waals surface area (Å²) in [4.78, 5) is 21.8. The number of methoxy groups -OCH3 is 1. The first kappa shape index (κ1) is 16.4. The van der Waals surface area contributed by atoms with Crippen molar-refractivity contribution in [2.45, 2.75) is 6.92 Å². The molecule has 0 unspecified atom stereocenters. The summed E-state index contributed by atoms with van der Waals surface area (Å²) < 4.78 is 7.34. The number of rotatable bonds is 3. The van der Waals surface area contributed by atoms with Crippen molar-refractivity contribution in [3.8, 4) is 5.75 Å². The molecular formula is C20H22N4O2. The zero-order chi connectivity index (χ0) is 18.1. The first-order valence-corrected chi connectivity index (χ1v) is 8.80. The first-order chi connectivity index (χ1) is 12.7. The highest BCUT2D eigenvalue weighted by molar-refractivity contribution is 5.94. The molecule has 0 aliphatic carbocycles. The largest absolute Gasteiger partial charge is 0.495 e. The summed E-state index contributed by atoms with van der Waals surface area (Å²) in [6, 6.07) is 13.8. The molecule has 1 fully saturated rings. The number of fused-ring (bicyclic) bond motifs is 1. The Balaban J connectivity index is 1.53. The highest BCUT2D eigenvalue weighted by Crippen LogP contribution is 2.28. The minimum Gasteiger partial charge on any atom is -0.495 e. The summed E-state index contributed by atoms with van der Waals surface area (Å²) in [5.74, 6) is 0.908. The second kappa shape index (κ2) is 6.71. The van der Waals surface area contributed by atoms with Crippen molar-refractivity contribution in [2.75, 3.05) is 38.2 Å². The fraction of sp³-hybridized carbons (Fsp3) is 0.300. The Hall–Kier alpha value is -3.02. The second-order valence-electron chi connectivity index (χ2n) is 6.43. The molecule has 0 saturated carbocycles. The van der Waals surface area contributed by atoms with Crippen molar-refractivity contribution in [3.05, 3.63) is 60.0 Å². The Labute approximate surface area is 152 Å². The van der Waals surface area contributed by atoms with Gasteiger partial charge in [-0.15, -0.1) is 0 Å². The molecule has 0 bridgehead atoms. The number of para-hydroxylation sites is 2. The van der Waals surface area contributed by atoms with Crippen molar-refractivity contribution in [3.63, 3.8) is 0 Å². The highest BCUT2D eigenvalue weighted by atomic mass is 16.5. The molecule has 1 amide bonds. The fourth-order valence-corrected chi connectivity index (χ4v) is 3.56. The van der Waals surface area contributed by atoms with Gasteiger partial charge in [-0.2, -0.15) is 0 Å². The van der Waals surface area contributed by atoms with Crippen LogP contribution in [0.1, 0.15) is 16.2 Å². The zero-order valence-electron chi connectivity index (χ0n) is 15.1. The molecule has 0 N–H and O–H groups in total. The van der Waals surface area contributed by atoms with Crippen LogP contribution < -0.4 is 9.64 Å². The Bertz CT molecular complexity index is 942. The van der Waals surface area contributed by atoms with Gasteiger partial charge in [0.1, 0.15) is 17.1 Å². The number of benzene rings is 1. The van der Waals surface area contributed by atoms with Crippen LogP contribution in [0.25, 0.3) is 5.65 Å². The number of aromatic nitrogens is 2. The molecule has 0 atom stereocenters. The summed E-state index contributed by atoms with van der Waals surface area (Å²) in [5.41, 5.74) is 3.31. The van der Waals surface area contributed by atoms with Gasteiger partial charge in [0.25, 0.3) is 5.91 Å². The number of imidazole rings is 1. The molecule has 134 valence electrons. The molecule has 1 aliphatic heterocycles. The number of hydrogen-bond acceptors (Lipinski definition) is 4. The molecule has 1 saturated heterocycles. The van der Waals surface area contributed by atoms with E-state index in [0.717, 1.165) is 35.9 Å². The molecule has 0 radical (unpaired) electrons. The third kappa shape index (κ3) is 2.77. The van der Waals surface area contributed by atoms with Crippen molar-refractivity contribution in [1.29, 1.82) is 0 Å². The lowest BCUT2D eigenvalue weighted by molar-refractivity contribution is 0.0739. The van der Waals surface area contributed by atoms with E-state index in [2.05, 4.69) is 16.0 Å². The van der Waals surface area contributed by atoms with Crippen LogP contribution in [0, 0.1) is 6.92 Å². The zero-order valence-corrected chi connectivity index (χ0v) is 15.1. The van der Waals surface area contributed by atoms with Gasteiger partial charge in [0.05, 0.1) is 18.5 Å². The van der Waals surface area contributed by atoms with E-state index in [9.17, 15) is 4.79 Å². The average molecular weight is 350 g/mol. The smallest absolute Gasteiger partial charge is 0.272 e. The molecule has 26 heavy (non-hydrogen) atoms. The summed E-state index contributed by atoms with van der Waals surface area (Å²) in [7, 11) is 1.69. The van der Waals surface area contributed by atoms with E-state index >= 15 is 0 Å². The molecule has 6 nitrogen and oxygen atoms in total. The fourth-order valence-electron chi connectivity index (χ4n) is 3.56. The van der Waals surface area contributed by atoms with Gasteiger partial charge >= 0.3 is 0 Å². The predicted molar refractivity (Wildman–Crippen MR) is 101 cm³/mol. The van der Waals surface area contributed by atoms with Crippen LogP contribution in [0.3, 0.4) is 0 Å². The van der Waals surface area contributed by atoms with E-state index in [1.807, 2.05) is 58.8 Å². The number of carbonyl (C=O) groups excluding carboxylic acids is 1. The molecule has 3 aromatic rings. The Morgan fingerprint density at radius 1 is 1.04 bits per heavy atom. The number of aryl methyl sites for hydroxylation is 1. The minimum atomic E-state index is 0.0425. The van der Waals surface area contributed by atoms with Gasteiger partial charge in [-0.1, -0.05) is 18.2 Å². The number of pyridine rings is 1. The summed E-state index contributed by atoms with van der Waals surface area (Å²) >= 11 is 0. The minimum absolute atomic E-state index is 0.0425. The van der Waals surface area contributed by atoms with Crippen LogP contribution in [0.4, 0.5) is 5.69 Å². The lowest BCUT2D eigenvalue weighted by Crippen LogP contribution is -2.49. The molecule has 1 aromatic carbocycles. The molecule has 4 rings (SSSR count). The van der Waals surface area contributed by atoms with E-state index in [1.165, 1.54) is 0 Å². The van der Waals surface area contributed by atoms with Crippen LogP contribution in [-0.4, -0.2) is 53.5 Å². The Kier molecular flexibility index (Phi) is 4.24. The van der Waals surface area contributed by atoms with Gasteiger partial charge in [-0.3, -0.25) is 9.20 Å². The topological polar surface area (TPSA) is 50.1 Å². The van der Waals surface area contributed by atoms with E-state index in [0.29, 0.717) is 18.8 Å². The van der Waals surface area contributed by atoms with Crippen molar-refractivity contribution in [1.82, 2.24) is 14.3 Å². The molecule has 2 aromatic heterocycles. The molecule has 6 heteroatoms. The maximum atomic E-state index is 13.1. The van der Waals surface area contributed by atoms with Crippen LogP contribution in [0.15, 0.2) is 48.7 Å². The van der Waals surface area contributed by atoms with E-state index in [4.69, 9.17) is 4.74 Å². The lowest BCUT2D eigenvalue weighted by atomic mass is 10.2. The summed E-state index contributed by atoms with van der Waals surface area (Å²) in [6.07, 6.45) is 1.90. The first-order valence-electron chi connectivity index (χ1n) is 8.80. The number of hydrogen-bond donors (Lipinski definition) is 0. The summed E-state index contributed by atoms with van der Waals surface area (Å²) in [5, 5.41) is 0. The van der Waals surface area contributed by atoms with Crippen LogP contribution >= 0.6 is 0 Å². The number of ether oxygens (including phenoxy) is 1. The van der Waals surface area contributed by atoms with Crippen LogP contribution in [-0.2, 0) is 0 Å². The Morgan fingerprint density at radius 2 is 1.77 bits per heavy atom. The second-order valence-corrected chi connectivity index (χ2v) is 6.43. The van der Waals surface area contributed by atoms with Crippen LogP contribution in [0.2, 0.25) is 0 Å². The quantitative estimate of drug-likeness (QED) is 0.729. The maximum absolute atomic E-state index is 13.1. The number of anilines is 1. The van der Waals surface area contributed by atoms with Gasteiger partial charge in [-0.05, 0) is 31.2 Å². The monoisotopic (exact) mass is 350 g/mol. The molecular weight excluding hydrogens is 328 g/mol. The predicted octanol–water partition coefficient (Wildman–Crippen LogP) is 2.61. The highest BCUT2D eigenvalue weighted by Gasteiger charge is 2.26. The SMILES string of the molecule is COc1ccccc1N1CCN(C(=O)c2c(C)nc3ccccn23)CC1. The summed E-state index contributed by atoms with van der Waals surface area (Å²) in [6.45, 7) is 4.81.